The second kappa shape index (κ2) is 7.43. The zero-order valence-corrected chi connectivity index (χ0v) is 14.8. The highest BCUT2D eigenvalue weighted by Crippen LogP contribution is 2.17. The zero-order chi connectivity index (χ0) is 17.7. The summed E-state index contributed by atoms with van der Waals surface area (Å²) in [6, 6.07) is 11.0. The van der Waals surface area contributed by atoms with Crippen molar-refractivity contribution >= 4 is 5.91 Å². The van der Waals surface area contributed by atoms with Crippen LogP contribution in [0.3, 0.4) is 0 Å². The molecule has 1 N–H and O–H groups in total. The number of aromatic nitrogens is 2. The molecule has 0 spiro atoms. The second-order valence-corrected chi connectivity index (χ2v) is 7.24. The van der Waals surface area contributed by atoms with Crippen molar-refractivity contribution in [3.8, 4) is 11.3 Å². The average Bonchev–Trinajstić information content (AvgIpc) is 2.49. The van der Waals surface area contributed by atoms with Gasteiger partial charge in [0.1, 0.15) is 6.54 Å². The fraction of sp³-hybridized carbons (Fsp3) is 0.421. The molecular weight excluding hydrogens is 302 g/mol. The molecule has 24 heavy (non-hydrogen) atoms. The van der Waals surface area contributed by atoms with Gasteiger partial charge in [0.25, 0.3) is 5.56 Å². The first kappa shape index (κ1) is 17.9. The number of hydrogen-bond acceptors (Lipinski definition) is 3. The number of nitrogens with one attached hydrogen (secondary N) is 1. The van der Waals surface area contributed by atoms with E-state index in [1.165, 1.54) is 10.7 Å². The van der Waals surface area contributed by atoms with Crippen molar-refractivity contribution in [3.63, 3.8) is 0 Å². The Labute approximate surface area is 142 Å². The molecule has 0 atom stereocenters. The van der Waals surface area contributed by atoms with Crippen LogP contribution in [0.1, 0.15) is 32.8 Å². The lowest BCUT2D eigenvalue weighted by Gasteiger charge is -2.18. The maximum atomic E-state index is 12.0. The van der Waals surface area contributed by atoms with E-state index in [1.54, 1.807) is 6.07 Å². The van der Waals surface area contributed by atoms with Gasteiger partial charge in [0, 0.05) is 18.2 Å². The van der Waals surface area contributed by atoms with Crippen LogP contribution >= 0.6 is 0 Å². The lowest BCUT2D eigenvalue weighted by molar-refractivity contribution is -0.121. The van der Waals surface area contributed by atoms with E-state index in [-0.39, 0.29) is 23.4 Å². The first-order chi connectivity index (χ1) is 11.2. The monoisotopic (exact) mass is 327 g/mol. The van der Waals surface area contributed by atoms with Gasteiger partial charge in [-0.2, -0.15) is 5.10 Å². The molecule has 2 aromatic rings. The third kappa shape index (κ3) is 5.33. The SMILES string of the molecule is Cc1ccc(-c2ccc(=O)n(CC(=O)NCCC(C)(C)C)n2)cc1. The minimum Gasteiger partial charge on any atom is -0.354 e. The first-order valence-electron chi connectivity index (χ1n) is 8.16. The quantitative estimate of drug-likeness (QED) is 0.918. The first-order valence-corrected chi connectivity index (χ1v) is 8.16. The molecule has 0 fully saturated rings. The summed E-state index contributed by atoms with van der Waals surface area (Å²) >= 11 is 0. The molecule has 5 nitrogen and oxygen atoms in total. The molecule has 1 aromatic heterocycles. The van der Waals surface area contributed by atoms with Gasteiger partial charge in [0.15, 0.2) is 0 Å². The Bertz CT molecular complexity index is 755. The van der Waals surface area contributed by atoms with Crippen molar-refractivity contribution in [1.82, 2.24) is 15.1 Å². The molecule has 5 heteroatoms. The number of carbonyl (C=O) groups is 1. The molecule has 0 aliphatic carbocycles. The molecule has 0 bridgehead atoms. The minimum absolute atomic E-state index is 0.0668. The summed E-state index contributed by atoms with van der Waals surface area (Å²) in [4.78, 5) is 24.0. The van der Waals surface area contributed by atoms with Gasteiger partial charge in [-0.15, -0.1) is 0 Å². The number of aryl methyl sites for hydroxylation is 1. The summed E-state index contributed by atoms with van der Waals surface area (Å²) in [6.07, 6.45) is 0.879. The molecule has 1 amide bonds. The third-order valence-electron chi connectivity index (χ3n) is 3.70. The molecule has 128 valence electrons. The lowest BCUT2D eigenvalue weighted by Crippen LogP contribution is -2.34. The Kier molecular flexibility index (Phi) is 5.54. The van der Waals surface area contributed by atoms with Gasteiger partial charge in [-0.3, -0.25) is 9.59 Å². The van der Waals surface area contributed by atoms with E-state index in [0.29, 0.717) is 12.2 Å². The summed E-state index contributed by atoms with van der Waals surface area (Å²) in [5.41, 5.74) is 2.63. The lowest BCUT2D eigenvalue weighted by atomic mass is 9.92. The van der Waals surface area contributed by atoms with Gasteiger partial charge < -0.3 is 5.32 Å². The van der Waals surface area contributed by atoms with Crippen LogP contribution in [0.25, 0.3) is 11.3 Å². The van der Waals surface area contributed by atoms with Crippen LogP contribution in [-0.2, 0) is 11.3 Å². The molecule has 0 unspecified atom stereocenters. The summed E-state index contributed by atoms with van der Waals surface area (Å²) in [6.45, 7) is 8.90. The van der Waals surface area contributed by atoms with Crippen molar-refractivity contribution in [1.29, 1.82) is 0 Å². The predicted molar refractivity (Wildman–Crippen MR) is 95.8 cm³/mol. The summed E-state index contributed by atoms with van der Waals surface area (Å²) in [7, 11) is 0. The highest BCUT2D eigenvalue weighted by molar-refractivity contribution is 5.75. The summed E-state index contributed by atoms with van der Waals surface area (Å²) in [5.74, 6) is -0.199. The Morgan fingerprint density at radius 2 is 1.79 bits per heavy atom. The van der Waals surface area contributed by atoms with E-state index in [2.05, 4.69) is 31.2 Å². The molecule has 0 saturated carbocycles. The van der Waals surface area contributed by atoms with Gasteiger partial charge in [-0.25, -0.2) is 4.68 Å². The van der Waals surface area contributed by atoms with E-state index in [4.69, 9.17) is 0 Å². The second-order valence-electron chi connectivity index (χ2n) is 7.24. The number of nitrogens with zero attached hydrogens (tertiary/aromatic N) is 2. The predicted octanol–water partition coefficient (Wildman–Crippen LogP) is 2.77. The Morgan fingerprint density at radius 3 is 2.42 bits per heavy atom. The van der Waals surface area contributed by atoms with Crippen LogP contribution in [0.5, 0.6) is 0 Å². The fourth-order valence-electron chi connectivity index (χ4n) is 2.21. The van der Waals surface area contributed by atoms with Gasteiger partial charge in [-0.05, 0) is 24.8 Å². The molecule has 1 aromatic carbocycles. The molecule has 2 rings (SSSR count). The van der Waals surface area contributed by atoms with E-state index in [9.17, 15) is 9.59 Å². The van der Waals surface area contributed by atoms with Crippen molar-refractivity contribution in [3.05, 3.63) is 52.3 Å². The van der Waals surface area contributed by atoms with E-state index in [1.807, 2.05) is 31.2 Å². The van der Waals surface area contributed by atoms with Crippen molar-refractivity contribution in [2.75, 3.05) is 6.54 Å². The van der Waals surface area contributed by atoms with Crippen molar-refractivity contribution in [2.45, 2.75) is 40.7 Å². The molecule has 0 radical (unpaired) electrons. The minimum atomic E-state index is -0.281. The van der Waals surface area contributed by atoms with Crippen molar-refractivity contribution in [2.24, 2.45) is 5.41 Å². The number of rotatable bonds is 5. The number of amides is 1. The van der Waals surface area contributed by atoms with E-state index < -0.39 is 0 Å². The topological polar surface area (TPSA) is 64.0 Å². The maximum absolute atomic E-state index is 12.0. The summed E-state index contributed by atoms with van der Waals surface area (Å²) < 4.78 is 1.21. The molecule has 0 aliphatic heterocycles. The third-order valence-corrected chi connectivity index (χ3v) is 3.70. The fourth-order valence-corrected chi connectivity index (χ4v) is 2.21. The molecule has 0 saturated heterocycles. The highest BCUT2D eigenvalue weighted by Gasteiger charge is 2.12. The molecular formula is C19H25N3O2. The van der Waals surface area contributed by atoms with Crippen LogP contribution in [0, 0.1) is 12.3 Å². The number of benzene rings is 1. The van der Waals surface area contributed by atoms with E-state index >= 15 is 0 Å². The van der Waals surface area contributed by atoms with Crippen LogP contribution in [-0.4, -0.2) is 22.2 Å². The average molecular weight is 327 g/mol. The standard InChI is InChI=1S/C19H25N3O2/c1-14-5-7-15(8-6-14)16-9-10-18(24)22(21-16)13-17(23)20-12-11-19(2,3)4/h5-10H,11-13H2,1-4H3,(H,20,23). The van der Waals surface area contributed by atoms with Crippen LogP contribution in [0.2, 0.25) is 0 Å². The van der Waals surface area contributed by atoms with Gasteiger partial charge in [0.2, 0.25) is 5.91 Å². The normalized spacial score (nSPS) is 11.3. The Morgan fingerprint density at radius 1 is 1.12 bits per heavy atom. The smallest absolute Gasteiger partial charge is 0.267 e. The Balaban J connectivity index is 2.07. The van der Waals surface area contributed by atoms with Gasteiger partial charge in [0.05, 0.1) is 5.69 Å². The largest absolute Gasteiger partial charge is 0.354 e. The summed E-state index contributed by atoms with van der Waals surface area (Å²) in [5, 5.41) is 7.16. The molecule has 1 heterocycles. The maximum Gasteiger partial charge on any atom is 0.267 e. The molecule has 0 aliphatic rings. The Hall–Kier alpha value is -2.43. The number of carbonyl (C=O) groups excluding carboxylic acids is 1. The van der Waals surface area contributed by atoms with Crippen molar-refractivity contribution < 1.29 is 4.79 Å². The van der Waals surface area contributed by atoms with Crippen LogP contribution in [0.15, 0.2) is 41.2 Å². The van der Waals surface area contributed by atoms with Crippen LogP contribution < -0.4 is 10.9 Å². The number of hydrogen-bond donors (Lipinski definition) is 1. The highest BCUT2D eigenvalue weighted by atomic mass is 16.2. The van der Waals surface area contributed by atoms with Gasteiger partial charge >= 0.3 is 0 Å². The van der Waals surface area contributed by atoms with Crippen LogP contribution in [0.4, 0.5) is 0 Å². The zero-order valence-electron chi connectivity index (χ0n) is 14.8. The van der Waals surface area contributed by atoms with Gasteiger partial charge in [-0.1, -0.05) is 50.6 Å². The van der Waals surface area contributed by atoms with E-state index in [0.717, 1.165) is 17.5 Å².